The summed E-state index contributed by atoms with van der Waals surface area (Å²) in [5, 5.41) is 10.5. The number of piperidine rings is 1. The maximum absolute atomic E-state index is 12.5. The average Bonchev–Trinajstić information content (AvgIpc) is 3.51. The number of carbonyl (C=O) groups excluding carboxylic acids is 1. The summed E-state index contributed by atoms with van der Waals surface area (Å²) in [5.41, 5.74) is 12.2. The van der Waals surface area contributed by atoms with E-state index in [1.54, 1.807) is 0 Å². The Morgan fingerprint density at radius 3 is 2.62 bits per heavy atom. The molecule has 1 fully saturated rings. The number of rotatable bonds is 5. The second-order valence-corrected chi connectivity index (χ2v) is 9.96. The highest BCUT2D eigenvalue weighted by Crippen LogP contribution is 2.37. The minimum absolute atomic E-state index is 0.180. The van der Waals surface area contributed by atoms with Crippen molar-refractivity contribution in [3.05, 3.63) is 72.8 Å². The predicted molar refractivity (Wildman–Crippen MR) is 145 cm³/mol. The zero-order valence-corrected chi connectivity index (χ0v) is 21.1. The SMILES string of the molecule is CN(C)CC(=O)N1CCC(c2cc(-c3ccc4cn(-c5ccccc5)nc4c3)c3c(N)ncnn23)CC1. The summed E-state index contributed by atoms with van der Waals surface area (Å²) < 4.78 is 3.84. The molecule has 1 saturated heterocycles. The van der Waals surface area contributed by atoms with Crippen molar-refractivity contribution in [3.63, 3.8) is 0 Å². The van der Waals surface area contributed by atoms with Crippen LogP contribution in [0.2, 0.25) is 0 Å². The van der Waals surface area contributed by atoms with Crippen molar-refractivity contribution in [1.82, 2.24) is 34.2 Å². The molecule has 1 amide bonds. The van der Waals surface area contributed by atoms with Crippen LogP contribution in [0.15, 0.2) is 67.1 Å². The summed E-state index contributed by atoms with van der Waals surface area (Å²) in [5.74, 6) is 0.906. The quantitative estimate of drug-likeness (QED) is 0.401. The minimum atomic E-state index is 0.180. The first-order valence-electron chi connectivity index (χ1n) is 12.6. The molecule has 3 aromatic heterocycles. The number of hydrogen-bond donors (Lipinski definition) is 1. The number of nitrogen functional groups attached to an aromatic ring is 1. The van der Waals surface area contributed by atoms with Crippen molar-refractivity contribution in [2.24, 2.45) is 0 Å². The maximum Gasteiger partial charge on any atom is 0.236 e. The van der Waals surface area contributed by atoms with Gasteiger partial charge in [-0.2, -0.15) is 10.2 Å². The molecule has 37 heavy (non-hydrogen) atoms. The Morgan fingerprint density at radius 1 is 1.08 bits per heavy atom. The number of hydrogen-bond acceptors (Lipinski definition) is 6. The zero-order chi connectivity index (χ0) is 25.5. The molecule has 188 valence electrons. The number of amides is 1. The third-order valence-electron chi connectivity index (χ3n) is 7.17. The molecule has 0 radical (unpaired) electrons. The number of nitrogens with two attached hydrogens (primary N) is 1. The number of anilines is 1. The van der Waals surface area contributed by atoms with Gasteiger partial charge in [-0.15, -0.1) is 0 Å². The molecule has 1 aliphatic heterocycles. The van der Waals surface area contributed by atoms with Crippen molar-refractivity contribution in [2.75, 3.05) is 39.5 Å². The highest BCUT2D eigenvalue weighted by molar-refractivity contribution is 5.92. The van der Waals surface area contributed by atoms with Gasteiger partial charge >= 0.3 is 0 Å². The van der Waals surface area contributed by atoms with Gasteiger partial charge in [-0.1, -0.05) is 30.3 Å². The molecule has 1 aliphatic rings. The molecule has 0 bridgehead atoms. The molecule has 0 aliphatic carbocycles. The van der Waals surface area contributed by atoms with Gasteiger partial charge in [-0.05, 0) is 56.8 Å². The highest BCUT2D eigenvalue weighted by atomic mass is 16.2. The van der Waals surface area contributed by atoms with E-state index in [1.807, 2.05) is 69.6 Å². The van der Waals surface area contributed by atoms with Crippen LogP contribution in [0.25, 0.3) is 33.2 Å². The lowest BCUT2D eigenvalue weighted by Gasteiger charge is -2.32. The molecule has 4 heterocycles. The Kier molecular flexibility index (Phi) is 5.84. The fourth-order valence-electron chi connectivity index (χ4n) is 5.29. The van der Waals surface area contributed by atoms with E-state index in [9.17, 15) is 4.79 Å². The van der Waals surface area contributed by atoms with E-state index >= 15 is 0 Å². The smallest absolute Gasteiger partial charge is 0.236 e. The van der Waals surface area contributed by atoms with Crippen LogP contribution in [0.4, 0.5) is 5.82 Å². The second-order valence-electron chi connectivity index (χ2n) is 9.96. The first kappa shape index (κ1) is 23.2. The van der Waals surface area contributed by atoms with Crippen LogP contribution in [0, 0.1) is 0 Å². The summed E-state index contributed by atoms with van der Waals surface area (Å²) in [6.45, 7) is 1.92. The summed E-state index contributed by atoms with van der Waals surface area (Å²) in [4.78, 5) is 20.7. The number of aromatic nitrogens is 5. The van der Waals surface area contributed by atoms with Crippen LogP contribution in [-0.2, 0) is 4.79 Å². The van der Waals surface area contributed by atoms with Gasteiger partial charge in [0.2, 0.25) is 5.91 Å². The van der Waals surface area contributed by atoms with E-state index in [2.05, 4.69) is 34.3 Å². The third-order valence-corrected chi connectivity index (χ3v) is 7.17. The first-order valence-corrected chi connectivity index (χ1v) is 12.6. The Balaban J connectivity index is 1.35. The fraction of sp³-hybridized carbons (Fsp3) is 0.286. The van der Waals surface area contributed by atoms with Crippen molar-refractivity contribution in [3.8, 4) is 16.8 Å². The Hall–Kier alpha value is -4.24. The number of likely N-dealkylation sites (N-methyl/N-ethyl adjacent to an activating group) is 1. The lowest BCUT2D eigenvalue weighted by molar-refractivity contribution is -0.132. The number of likely N-dealkylation sites (tertiary alicyclic amines) is 1. The minimum Gasteiger partial charge on any atom is -0.382 e. The van der Waals surface area contributed by atoms with Gasteiger partial charge in [0.25, 0.3) is 0 Å². The van der Waals surface area contributed by atoms with Gasteiger partial charge in [0, 0.05) is 41.8 Å². The van der Waals surface area contributed by atoms with Gasteiger partial charge in [-0.3, -0.25) is 4.79 Å². The predicted octanol–water partition coefficient (Wildman–Crippen LogP) is 3.59. The van der Waals surface area contributed by atoms with Crippen LogP contribution in [0.3, 0.4) is 0 Å². The summed E-state index contributed by atoms with van der Waals surface area (Å²) in [6, 6.07) is 18.6. The van der Waals surface area contributed by atoms with Crippen molar-refractivity contribution >= 4 is 28.1 Å². The van der Waals surface area contributed by atoms with Gasteiger partial charge < -0.3 is 15.5 Å². The molecule has 9 heteroatoms. The number of nitrogens with zero attached hydrogens (tertiary/aromatic N) is 7. The Bertz CT molecular complexity index is 1580. The van der Waals surface area contributed by atoms with E-state index in [0.717, 1.165) is 64.9 Å². The van der Waals surface area contributed by atoms with Gasteiger partial charge in [-0.25, -0.2) is 14.2 Å². The second kappa shape index (κ2) is 9.33. The maximum atomic E-state index is 12.5. The molecule has 0 atom stereocenters. The molecule has 0 saturated carbocycles. The monoisotopic (exact) mass is 494 g/mol. The number of para-hydroxylation sites is 1. The van der Waals surface area contributed by atoms with Gasteiger partial charge in [0.05, 0.1) is 17.7 Å². The highest BCUT2D eigenvalue weighted by Gasteiger charge is 2.28. The van der Waals surface area contributed by atoms with Gasteiger partial charge in [0.1, 0.15) is 11.8 Å². The number of carbonyl (C=O) groups is 1. The Labute approximate surface area is 215 Å². The van der Waals surface area contributed by atoms with Crippen molar-refractivity contribution < 1.29 is 4.79 Å². The lowest BCUT2D eigenvalue weighted by atomic mass is 9.93. The van der Waals surface area contributed by atoms with Crippen molar-refractivity contribution in [2.45, 2.75) is 18.8 Å². The molecule has 5 aromatic rings. The topological polar surface area (TPSA) is 97.6 Å². The molecular weight excluding hydrogens is 464 g/mol. The molecule has 0 unspecified atom stereocenters. The lowest BCUT2D eigenvalue weighted by Crippen LogP contribution is -2.42. The van der Waals surface area contributed by atoms with Crippen LogP contribution in [-0.4, -0.2) is 73.8 Å². The first-order chi connectivity index (χ1) is 18.0. The molecule has 6 rings (SSSR count). The zero-order valence-electron chi connectivity index (χ0n) is 21.1. The standard InChI is InChI=1S/C28H30N8O/c1-33(2)17-26(37)34-12-10-19(11-13-34)25-15-23(27-28(29)30-18-31-36(25)27)20-8-9-21-16-35(32-24(21)14-20)22-6-4-3-5-7-22/h3-9,14-16,18-19H,10-13,17H2,1-2H3,(H2,29,30,31). The molecular formula is C28H30N8O. The van der Waals surface area contributed by atoms with Crippen LogP contribution in [0.5, 0.6) is 0 Å². The normalized spacial score (nSPS) is 14.7. The van der Waals surface area contributed by atoms with E-state index < -0.39 is 0 Å². The van der Waals surface area contributed by atoms with E-state index in [1.165, 1.54) is 6.33 Å². The summed E-state index contributed by atoms with van der Waals surface area (Å²) in [6.07, 6.45) is 5.32. The Morgan fingerprint density at radius 2 is 1.86 bits per heavy atom. The van der Waals surface area contributed by atoms with E-state index in [-0.39, 0.29) is 11.8 Å². The number of fused-ring (bicyclic) bond motifs is 2. The van der Waals surface area contributed by atoms with Gasteiger partial charge in [0.15, 0.2) is 5.82 Å². The average molecular weight is 495 g/mol. The number of benzene rings is 2. The molecule has 2 N–H and O–H groups in total. The molecule has 0 spiro atoms. The van der Waals surface area contributed by atoms with E-state index in [4.69, 9.17) is 10.8 Å². The van der Waals surface area contributed by atoms with E-state index in [0.29, 0.717) is 12.4 Å². The van der Waals surface area contributed by atoms with Crippen LogP contribution in [0.1, 0.15) is 24.5 Å². The summed E-state index contributed by atoms with van der Waals surface area (Å²) >= 11 is 0. The largest absolute Gasteiger partial charge is 0.382 e. The fourth-order valence-corrected chi connectivity index (χ4v) is 5.29. The third kappa shape index (κ3) is 4.31. The summed E-state index contributed by atoms with van der Waals surface area (Å²) in [7, 11) is 3.85. The molecule has 9 nitrogen and oxygen atoms in total. The van der Waals surface area contributed by atoms with Crippen LogP contribution < -0.4 is 5.73 Å². The van der Waals surface area contributed by atoms with Crippen molar-refractivity contribution in [1.29, 1.82) is 0 Å². The van der Waals surface area contributed by atoms with Crippen LogP contribution >= 0.6 is 0 Å². The molecule has 2 aromatic carbocycles.